The van der Waals surface area contributed by atoms with Crippen molar-refractivity contribution in [1.82, 2.24) is 4.98 Å². The Bertz CT molecular complexity index is 911. The molecule has 110 valence electrons. The van der Waals surface area contributed by atoms with Gasteiger partial charge < -0.3 is 9.72 Å². The fourth-order valence-electron chi connectivity index (χ4n) is 2.52. The molecule has 0 fully saturated rings. The van der Waals surface area contributed by atoms with Gasteiger partial charge in [0.1, 0.15) is 0 Å². The summed E-state index contributed by atoms with van der Waals surface area (Å²) < 4.78 is 4.70. The highest BCUT2D eigenvalue weighted by atomic mass is 16.5. The van der Waals surface area contributed by atoms with E-state index in [-0.39, 0.29) is 5.43 Å². The van der Waals surface area contributed by atoms with Crippen LogP contribution in [0.15, 0.2) is 53.3 Å². The number of methoxy groups -OCH3 is 1. The lowest BCUT2D eigenvalue weighted by Crippen LogP contribution is -2.11. The third-order valence-corrected chi connectivity index (χ3v) is 3.72. The molecule has 0 saturated heterocycles. The van der Waals surface area contributed by atoms with E-state index in [0.717, 1.165) is 11.3 Å². The zero-order valence-corrected chi connectivity index (χ0v) is 12.3. The van der Waals surface area contributed by atoms with E-state index in [2.05, 4.69) is 4.98 Å². The molecule has 0 unspecified atom stereocenters. The van der Waals surface area contributed by atoms with Gasteiger partial charge in [0, 0.05) is 16.5 Å². The second-order valence-electron chi connectivity index (χ2n) is 5.07. The lowest BCUT2D eigenvalue weighted by atomic mass is 10.0. The van der Waals surface area contributed by atoms with Crippen molar-refractivity contribution < 1.29 is 9.53 Å². The molecule has 0 aliphatic heterocycles. The molecule has 3 aromatic rings. The first-order valence-corrected chi connectivity index (χ1v) is 6.92. The SMILES string of the molecule is COC(=O)c1ccc2[nH]c(-c3ccccc3)c(C)c(=O)c2c1. The monoisotopic (exact) mass is 293 g/mol. The molecule has 0 aliphatic carbocycles. The van der Waals surface area contributed by atoms with Crippen molar-refractivity contribution in [2.45, 2.75) is 6.92 Å². The third kappa shape index (κ3) is 2.29. The van der Waals surface area contributed by atoms with Gasteiger partial charge in [0.05, 0.1) is 18.4 Å². The van der Waals surface area contributed by atoms with Crippen LogP contribution in [0.3, 0.4) is 0 Å². The van der Waals surface area contributed by atoms with Gasteiger partial charge in [0.15, 0.2) is 5.43 Å². The molecule has 1 aromatic heterocycles. The molecular weight excluding hydrogens is 278 g/mol. The Morgan fingerprint density at radius 1 is 1.09 bits per heavy atom. The first kappa shape index (κ1) is 14.1. The van der Waals surface area contributed by atoms with Crippen LogP contribution in [0.4, 0.5) is 0 Å². The molecule has 0 saturated carbocycles. The van der Waals surface area contributed by atoms with Gasteiger partial charge in [0.25, 0.3) is 0 Å². The Kier molecular flexibility index (Phi) is 3.51. The minimum Gasteiger partial charge on any atom is -0.465 e. The predicted molar refractivity (Wildman–Crippen MR) is 86.1 cm³/mol. The third-order valence-electron chi connectivity index (χ3n) is 3.72. The number of hydrogen-bond acceptors (Lipinski definition) is 3. The molecule has 1 heterocycles. The summed E-state index contributed by atoms with van der Waals surface area (Å²) in [7, 11) is 1.32. The number of fused-ring (bicyclic) bond motifs is 1. The van der Waals surface area contributed by atoms with Gasteiger partial charge in [-0.3, -0.25) is 4.79 Å². The number of pyridine rings is 1. The summed E-state index contributed by atoms with van der Waals surface area (Å²) in [6.07, 6.45) is 0. The van der Waals surface area contributed by atoms with E-state index in [4.69, 9.17) is 4.74 Å². The van der Waals surface area contributed by atoms with Gasteiger partial charge in [-0.05, 0) is 30.7 Å². The maximum atomic E-state index is 12.6. The summed E-state index contributed by atoms with van der Waals surface area (Å²) in [5.74, 6) is -0.453. The number of aromatic amines is 1. The van der Waals surface area contributed by atoms with Crippen LogP contribution in [-0.2, 0) is 4.74 Å². The number of ether oxygens (including phenoxy) is 1. The van der Waals surface area contributed by atoms with E-state index in [1.165, 1.54) is 7.11 Å². The summed E-state index contributed by atoms with van der Waals surface area (Å²) in [5, 5.41) is 0.486. The largest absolute Gasteiger partial charge is 0.465 e. The predicted octanol–water partition coefficient (Wildman–Crippen LogP) is 3.29. The summed E-state index contributed by atoms with van der Waals surface area (Å²) in [5.41, 5.74) is 3.36. The van der Waals surface area contributed by atoms with E-state index in [1.807, 2.05) is 30.3 Å². The Hall–Kier alpha value is -2.88. The highest BCUT2D eigenvalue weighted by molar-refractivity contribution is 5.95. The molecular formula is C18H15NO3. The highest BCUT2D eigenvalue weighted by Crippen LogP contribution is 2.22. The molecule has 2 aromatic carbocycles. The van der Waals surface area contributed by atoms with Crippen LogP contribution in [0.25, 0.3) is 22.2 Å². The van der Waals surface area contributed by atoms with Crippen LogP contribution >= 0.6 is 0 Å². The lowest BCUT2D eigenvalue weighted by molar-refractivity contribution is 0.0601. The van der Waals surface area contributed by atoms with Crippen LogP contribution in [0.2, 0.25) is 0 Å². The topological polar surface area (TPSA) is 59.2 Å². The van der Waals surface area contributed by atoms with Gasteiger partial charge in [0.2, 0.25) is 0 Å². The van der Waals surface area contributed by atoms with Crippen LogP contribution in [-0.4, -0.2) is 18.1 Å². The second kappa shape index (κ2) is 5.48. The molecule has 3 rings (SSSR count). The molecule has 4 nitrogen and oxygen atoms in total. The molecule has 4 heteroatoms. The van der Waals surface area contributed by atoms with E-state index >= 15 is 0 Å². The van der Waals surface area contributed by atoms with Crippen LogP contribution < -0.4 is 5.43 Å². The van der Waals surface area contributed by atoms with E-state index in [1.54, 1.807) is 25.1 Å². The number of rotatable bonds is 2. The van der Waals surface area contributed by atoms with Crippen molar-refractivity contribution in [3.63, 3.8) is 0 Å². The number of nitrogens with one attached hydrogen (secondary N) is 1. The summed E-state index contributed by atoms with van der Waals surface area (Å²) >= 11 is 0. The Morgan fingerprint density at radius 2 is 1.82 bits per heavy atom. The summed E-state index contributed by atoms with van der Waals surface area (Å²) in [4.78, 5) is 27.5. The number of carbonyl (C=O) groups is 1. The van der Waals surface area contributed by atoms with Crippen molar-refractivity contribution in [1.29, 1.82) is 0 Å². The zero-order valence-electron chi connectivity index (χ0n) is 12.3. The summed E-state index contributed by atoms with van der Waals surface area (Å²) in [6.45, 7) is 1.78. The average molecular weight is 293 g/mol. The van der Waals surface area contributed by atoms with Crippen LogP contribution in [0, 0.1) is 6.92 Å². The molecule has 0 radical (unpaired) electrons. The molecule has 22 heavy (non-hydrogen) atoms. The molecule has 0 amide bonds. The Labute approximate surface area is 127 Å². The lowest BCUT2D eigenvalue weighted by Gasteiger charge is -2.09. The van der Waals surface area contributed by atoms with E-state index < -0.39 is 5.97 Å². The fourth-order valence-corrected chi connectivity index (χ4v) is 2.52. The molecule has 1 N–H and O–H groups in total. The average Bonchev–Trinajstić information content (AvgIpc) is 2.57. The van der Waals surface area contributed by atoms with Gasteiger partial charge in [-0.15, -0.1) is 0 Å². The van der Waals surface area contributed by atoms with Crippen molar-refractivity contribution >= 4 is 16.9 Å². The normalized spacial score (nSPS) is 10.6. The molecule has 0 spiro atoms. The maximum absolute atomic E-state index is 12.6. The minimum atomic E-state index is -0.453. The van der Waals surface area contributed by atoms with Gasteiger partial charge in [-0.2, -0.15) is 0 Å². The molecule has 0 atom stereocenters. The van der Waals surface area contributed by atoms with E-state index in [9.17, 15) is 9.59 Å². The zero-order chi connectivity index (χ0) is 15.7. The number of carbonyl (C=O) groups excluding carboxylic acids is 1. The number of hydrogen-bond donors (Lipinski definition) is 1. The number of H-pyrrole nitrogens is 1. The second-order valence-corrected chi connectivity index (χ2v) is 5.07. The summed E-state index contributed by atoms with van der Waals surface area (Å²) in [6, 6.07) is 14.6. The highest BCUT2D eigenvalue weighted by Gasteiger charge is 2.12. The van der Waals surface area contributed by atoms with Crippen LogP contribution in [0.1, 0.15) is 15.9 Å². The first-order chi connectivity index (χ1) is 10.6. The Morgan fingerprint density at radius 3 is 2.50 bits per heavy atom. The quantitative estimate of drug-likeness (QED) is 0.738. The van der Waals surface area contributed by atoms with Crippen LogP contribution in [0.5, 0.6) is 0 Å². The molecule has 0 bridgehead atoms. The first-order valence-electron chi connectivity index (χ1n) is 6.92. The maximum Gasteiger partial charge on any atom is 0.337 e. The number of aromatic nitrogens is 1. The minimum absolute atomic E-state index is 0.0849. The van der Waals surface area contributed by atoms with Crippen molar-refractivity contribution in [2.24, 2.45) is 0 Å². The van der Waals surface area contributed by atoms with Crippen molar-refractivity contribution in [3.8, 4) is 11.3 Å². The van der Waals surface area contributed by atoms with Crippen molar-refractivity contribution in [3.05, 3.63) is 69.9 Å². The molecule has 0 aliphatic rings. The standard InChI is InChI=1S/C18H15NO3/c1-11-16(12-6-4-3-5-7-12)19-15-9-8-13(18(21)22-2)10-14(15)17(11)20/h3-10H,1-2H3,(H,19,20). The smallest absolute Gasteiger partial charge is 0.337 e. The van der Waals surface area contributed by atoms with Crippen molar-refractivity contribution in [2.75, 3.05) is 7.11 Å². The van der Waals surface area contributed by atoms with Gasteiger partial charge >= 0.3 is 5.97 Å². The van der Waals surface area contributed by atoms with Gasteiger partial charge in [-0.25, -0.2) is 4.79 Å². The number of benzene rings is 2. The number of esters is 1. The van der Waals surface area contributed by atoms with E-state index in [0.29, 0.717) is 22.0 Å². The van der Waals surface area contributed by atoms with Gasteiger partial charge in [-0.1, -0.05) is 30.3 Å². The Balaban J connectivity index is 2.27. The fraction of sp³-hybridized carbons (Fsp3) is 0.111.